The van der Waals surface area contributed by atoms with Crippen LogP contribution < -0.4 is 0 Å². The van der Waals surface area contributed by atoms with Crippen molar-refractivity contribution in [1.82, 2.24) is 0 Å². The van der Waals surface area contributed by atoms with E-state index >= 15 is 0 Å². The monoisotopic (exact) mass is 190 g/mol. The van der Waals surface area contributed by atoms with Crippen molar-refractivity contribution < 1.29 is 24.9 Å². The lowest BCUT2D eigenvalue weighted by atomic mass is 9.99. The highest BCUT2D eigenvalue weighted by atomic mass is 16.7. The van der Waals surface area contributed by atoms with Gasteiger partial charge in [-0.05, 0) is 13.8 Å². The van der Waals surface area contributed by atoms with E-state index in [1.807, 2.05) is 0 Å². The Kier molecular flexibility index (Phi) is 4.19. The lowest BCUT2D eigenvalue weighted by Crippen LogP contribution is -2.40. The average molecular weight is 190 g/mol. The van der Waals surface area contributed by atoms with Crippen molar-refractivity contribution in [2.24, 2.45) is 5.92 Å². The number of ketones is 2. The van der Waals surface area contributed by atoms with Crippen molar-refractivity contribution in [3.05, 3.63) is 0 Å². The summed E-state index contributed by atoms with van der Waals surface area (Å²) in [5, 5.41) is 25.9. The van der Waals surface area contributed by atoms with Crippen LogP contribution in [-0.4, -0.2) is 32.9 Å². The SMILES string of the molecule is CC(=O)CCC(=O)C(C)C(O)(O)O. The van der Waals surface area contributed by atoms with Gasteiger partial charge in [0.05, 0.1) is 5.92 Å². The minimum atomic E-state index is -2.99. The number of hydrogen-bond acceptors (Lipinski definition) is 5. The Morgan fingerprint density at radius 2 is 1.69 bits per heavy atom. The van der Waals surface area contributed by atoms with Crippen molar-refractivity contribution in [3.8, 4) is 0 Å². The molecule has 0 amide bonds. The molecule has 76 valence electrons. The maximum absolute atomic E-state index is 11.1. The molecule has 0 fully saturated rings. The summed E-state index contributed by atoms with van der Waals surface area (Å²) < 4.78 is 0. The second-order valence-corrected chi connectivity index (χ2v) is 3.08. The Morgan fingerprint density at radius 3 is 2.00 bits per heavy atom. The van der Waals surface area contributed by atoms with Gasteiger partial charge in [0, 0.05) is 12.8 Å². The third kappa shape index (κ3) is 4.72. The molecular weight excluding hydrogens is 176 g/mol. The quantitative estimate of drug-likeness (QED) is 0.493. The van der Waals surface area contributed by atoms with Gasteiger partial charge in [0.15, 0.2) is 0 Å². The van der Waals surface area contributed by atoms with Gasteiger partial charge < -0.3 is 20.1 Å². The first-order valence-electron chi connectivity index (χ1n) is 3.94. The molecule has 5 nitrogen and oxygen atoms in total. The second-order valence-electron chi connectivity index (χ2n) is 3.08. The molecule has 0 saturated heterocycles. The highest BCUT2D eigenvalue weighted by Gasteiger charge is 2.33. The van der Waals surface area contributed by atoms with Crippen molar-refractivity contribution in [3.63, 3.8) is 0 Å². The summed E-state index contributed by atoms with van der Waals surface area (Å²) in [5.41, 5.74) is 0. The van der Waals surface area contributed by atoms with Crippen LogP contribution in [0.5, 0.6) is 0 Å². The maximum atomic E-state index is 11.1. The van der Waals surface area contributed by atoms with Crippen molar-refractivity contribution in [2.75, 3.05) is 0 Å². The van der Waals surface area contributed by atoms with Crippen LogP contribution in [0, 0.1) is 5.92 Å². The van der Waals surface area contributed by atoms with E-state index in [1.165, 1.54) is 13.8 Å². The van der Waals surface area contributed by atoms with Crippen LogP contribution in [0.25, 0.3) is 0 Å². The molecule has 1 atom stereocenters. The number of rotatable bonds is 5. The molecule has 0 bridgehead atoms. The molecule has 13 heavy (non-hydrogen) atoms. The highest BCUT2D eigenvalue weighted by molar-refractivity contribution is 5.86. The number of Topliss-reactive ketones (excluding diaryl/α,β-unsaturated/α-hetero) is 2. The first kappa shape index (κ1) is 12.2. The largest absolute Gasteiger partial charge is 0.343 e. The third-order valence-corrected chi connectivity index (χ3v) is 1.79. The molecule has 0 saturated carbocycles. The second kappa shape index (κ2) is 4.45. The number of hydrogen-bond donors (Lipinski definition) is 3. The molecule has 0 aliphatic rings. The van der Waals surface area contributed by atoms with E-state index in [2.05, 4.69) is 0 Å². The number of aliphatic hydroxyl groups is 3. The Balaban J connectivity index is 4.05. The smallest absolute Gasteiger partial charge is 0.285 e. The Morgan fingerprint density at radius 1 is 1.23 bits per heavy atom. The van der Waals surface area contributed by atoms with Crippen LogP contribution in [0.15, 0.2) is 0 Å². The van der Waals surface area contributed by atoms with E-state index < -0.39 is 17.7 Å². The zero-order chi connectivity index (χ0) is 10.6. The molecule has 3 N–H and O–H groups in total. The molecular formula is C8H14O5. The molecule has 0 aliphatic heterocycles. The Bertz CT molecular complexity index is 203. The molecule has 0 aromatic carbocycles. The molecule has 0 heterocycles. The van der Waals surface area contributed by atoms with E-state index in [-0.39, 0.29) is 18.6 Å². The molecule has 0 radical (unpaired) electrons. The predicted molar refractivity (Wildman–Crippen MR) is 43.5 cm³/mol. The van der Waals surface area contributed by atoms with Crippen LogP contribution in [0.4, 0.5) is 0 Å². The van der Waals surface area contributed by atoms with Gasteiger partial charge in [-0.15, -0.1) is 0 Å². The van der Waals surface area contributed by atoms with E-state index in [9.17, 15) is 9.59 Å². The molecule has 0 rings (SSSR count). The number of carbonyl (C=O) groups is 2. The fourth-order valence-corrected chi connectivity index (χ4v) is 0.732. The summed E-state index contributed by atoms with van der Waals surface area (Å²) >= 11 is 0. The van der Waals surface area contributed by atoms with Gasteiger partial charge in [-0.2, -0.15) is 0 Å². The maximum Gasteiger partial charge on any atom is 0.285 e. The summed E-state index contributed by atoms with van der Waals surface area (Å²) in [5.74, 6) is -5.00. The van der Waals surface area contributed by atoms with Gasteiger partial charge in [-0.25, -0.2) is 0 Å². The van der Waals surface area contributed by atoms with Gasteiger partial charge in [-0.1, -0.05) is 0 Å². The van der Waals surface area contributed by atoms with E-state index in [1.54, 1.807) is 0 Å². The normalized spacial score (nSPS) is 13.9. The van der Waals surface area contributed by atoms with Crippen LogP contribution in [-0.2, 0) is 9.59 Å². The van der Waals surface area contributed by atoms with Gasteiger partial charge in [0.25, 0.3) is 5.97 Å². The van der Waals surface area contributed by atoms with Crippen LogP contribution in [0.2, 0.25) is 0 Å². The summed E-state index contributed by atoms with van der Waals surface area (Å²) in [6.07, 6.45) is -0.0286. The first-order valence-corrected chi connectivity index (χ1v) is 3.94. The molecule has 0 aromatic rings. The van der Waals surface area contributed by atoms with Gasteiger partial charge in [-0.3, -0.25) is 4.79 Å². The Labute approximate surface area is 76.0 Å². The summed E-state index contributed by atoms with van der Waals surface area (Å²) in [6, 6.07) is 0. The van der Waals surface area contributed by atoms with Crippen molar-refractivity contribution in [2.45, 2.75) is 32.7 Å². The predicted octanol–water partition coefficient (Wildman–Crippen LogP) is -0.808. The topological polar surface area (TPSA) is 94.8 Å². The molecule has 1 unspecified atom stereocenters. The van der Waals surface area contributed by atoms with Crippen LogP contribution in [0.3, 0.4) is 0 Å². The summed E-state index contributed by atoms with van der Waals surface area (Å²) in [6.45, 7) is 2.52. The lowest BCUT2D eigenvalue weighted by Gasteiger charge is -2.20. The third-order valence-electron chi connectivity index (χ3n) is 1.79. The standard InChI is InChI=1S/C8H14O5/c1-5(9)3-4-7(10)6(2)8(11,12)13/h6,11-13H,3-4H2,1-2H3. The molecule has 0 aromatic heterocycles. The van der Waals surface area contributed by atoms with E-state index in [0.29, 0.717) is 0 Å². The van der Waals surface area contributed by atoms with Crippen molar-refractivity contribution in [1.29, 1.82) is 0 Å². The van der Waals surface area contributed by atoms with Crippen molar-refractivity contribution >= 4 is 11.6 Å². The highest BCUT2D eigenvalue weighted by Crippen LogP contribution is 2.14. The first-order chi connectivity index (χ1) is 5.75. The molecule has 5 heteroatoms. The Hall–Kier alpha value is -0.780. The van der Waals surface area contributed by atoms with E-state index in [4.69, 9.17) is 15.3 Å². The fourth-order valence-electron chi connectivity index (χ4n) is 0.732. The minimum absolute atomic E-state index is 0.0548. The zero-order valence-electron chi connectivity index (χ0n) is 7.65. The van der Waals surface area contributed by atoms with E-state index in [0.717, 1.165) is 0 Å². The minimum Gasteiger partial charge on any atom is -0.343 e. The van der Waals surface area contributed by atoms with Gasteiger partial charge >= 0.3 is 0 Å². The van der Waals surface area contributed by atoms with Gasteiger partial charge in [0.2, 0.25) is 0 Å². The van der Waals surface area contributed by atoms with Crippen LogP contribution in [0.1, 0.15) is 26.7 Å². The summed E-state index contributed by atoms with van der Waals surface area (Å²) in [4.78, 5) is 21.5. The molecule has 0 spiro atoms. The lowest BCUT2D eigenvalue weighted by molar-refractivity contribution is -0.331. The molecule has 0 aliphatic carbocycles. The van der Waals surface area contributed by atoms with Gasteiger partial charge in [0.1, 0.15) is 11.6 Å². The van der Waals surface area contributed by atoms with Crippen LogP contribution >= 0.6 is 0 Å². The fraction of sp³-hybridized carbons (Fsp3) is 0.750. The summed E-state index contributed by atoms with van der Waals surface area (Å²) in [7, 11) is 0. The average Bonchev–Trinajstić information content (AvgIpc) is 1.96. The zero-order valence-corrected chi connectivity index (χ0v) is 7.65. The number of carbonyl (C=O) groups excluding carboxylic acids is 2.